The average molecular weight is 253 g/mol. The Morgan fingerprint density at radius 2 is 1.14 bits per heavy atom. The molecule has 0 fully saturated rings. The van der Waals surface area contributed by atoms with E-state index in [1.54, 1.807) is 0 Å². The van der Waals surface area contributed by atoms with Crippen LogP contribution in [0.3, 0.4) is 0 Å². The van der Waals surface area contributed by atoms with Crippen molar-refractivity contribution in [2.24, 2.45) is 0 Å². The van der Waals surface area contributed by atoms with E-state index in [0.717, 1.165) is 0 Å². The van der Waals surface area contributed by atoms with Crippen molar-refractivity contribution in [1.82, 2.24) is 0 Å². The smallest absolute Gasteiger partial charge is 0.250 e. The first-order valence-electron chi connectivity index (χ1n) is 4.93. The largest absolute Gasteiger partial charge is 0.382 e. The lowest BCUT2D eigenvalue weighted by atomic mass is 10.7. The summed E-state index contributed by atoms with van der Waals surface area (Å²) in [5, 5.41) is 0. The van der Waals surface area contributed by atoms with Crippen LogP contribution >= 0.6 is 0 Å². The average Bonchev–Trinajstić information content (AvgIpc) is 1.78. The maximum atomic E-state index is 5.91. The van der Waals surface area contributed by atoms with Gasteiger partial charge in [-0.05, 0) is 39.3 Å². The van der Waals surface area contributed by atoms with Gasteiger partial charge in [0.2, 0.25) is 0 Å². The Bertz CT molecular complexity index is 167. The van der Waals surface area contributed by atoms with Crippen molar-refractivity contribution in [1.29, 1.82) is 0 Å². The lowest BCUT2D eigenvalue weighted by molar-refractivity contribution is -0.248. The molecule has 0 N–H and O–H groups in total. The molecule has 0 atom stereocenters. The van der Waals surface area contributed by atoms with Crippen molar-refractivity contribution < 1.29 is 13.3 Å². The van der Waals surface area contributed by atoms with Gasteiger partial charge in [0, 0.05) is 6.92 Å². The van der Waals surface area contributed by atoms with Crippen LogP contribution in [0.25, 0.3) is 0 Å². The highest BCUT2D eigenvalue weighted by Gasteiger charge is 2.36. The maximum absolute atomic E-state index is 5.91. The predicted octanol–water partition coefficient (Wildman–Crippen LogP) is 1.66. The number of hydrogen-bond acceptors (Lipinski definition) is 3. The van der Waals surface area contributed by atoms with Crippen molar-refractivity contribution in [2.45, 2.75) is 52.2 Å². The Hall–Kier alpha value is 0.531. The molecule has 6 heteroatoms. The molecule has 3 nitrogen and oxygen atoms in total. The standard InChI is InChI=1S/C8H24O3Si3/c1-8(9-12,10-13(2,3)4)11-14(5,6)7/h1-7,12H3. The van der Waals surface area contributed by atoms with Gasteiger partial charge in [-0.3, -0.25) is 0 Å². The van der Waals surface area contributed by atoms with Gasteiger partial charge >= 0.3 is 0 Å². The Balaban J connectivity index is 4.49. The predicted molar refractivity (Wildman–Crippen MR) is 68.3 cm³/mol. The fourth-order valence-electron chi connectivity index (χ4n) is 1.22. The van der Waals surface area contributed by atoms with Gasteiger partial charge < -0.3 is 13.3 Å². The zero-order valence-corrected chi connectivity index (χ0v) is 14.7. The van der Waals surface area contributed by atoms with Crippen molar-refractivity contribution in [2.75, 3.05) is 0 Å². The van der Waals surface area contributed by atoms with Gasteiger partial charge in [0.1, 0.15) is 0 Å². The SMILES string of the molecule is CC(O[SiH3])(O[Si](C)(C)C)O[Si](C)(C)C. The van der Waals surface area contributed by atoms with Crippen LogP contribution in [0.2, 0.25) is 39.3 Å². The van der Waals surface area contributed by atoms with E-state index in [-0.39, 0.29) is 0 Å². The third kappa shape index (κ3) is 6.91. The molecule has 0 aromatic heterocycles. The molecule has 86 valence electrons. The second kappa shape index (κ2) is 4.58. The highest BCUT2D eigenvalue weighted by atomic mass is 28.4. The molecule has 0 unspecified atom stereocenters. The summed E-state index contributed by atoms with van der Waals surface area (Å²) < 4.78 is 17.3. The summed E-state index contributed by atoms with van der Waals surface area (Å²) in [5.41, 5.74) is 0. The summed E-state index contributed by atoms with van der Waals surface area (Å²) in [6.45, 7) is 14.7. The van der Waals surface area contributed by atoms with Crippen molar-refractivity contribution >= 4 is 27.1 Å². The molecular formula is C8H24O3Si3. The van der Waals surface area contributed by atoms with Gasteiger partial charge in [-0.2, -0.15) is 0 Å². The lowest BCUT2D eigenvalue weighted by Crippen LogP contribution is -2.49. The van der Waals surface area contributed by atoms with E-state index >= 15 is 0 Å². The molecule has 0 aromatic rings. The summed E-state index contributed by atoms with van der Waals surface area (Å²) >= 11 is 0. The van der Waals surface area contributed by atoms with Gasteiger partial charge in [0.25, 0.3) is 5.97 Å². The minimum atomic E-state index is -1.62. The number of hydrogen-bond donors (Lipinski definition) is 0. The van der Waals surface area contributed by atoms with Crippen LogP contribution < -0.4 is 0 Å². The molecule has 0 saturated carbocycles. The fraction of sp³-hybridized carbons (Fsp3) is 1.00. The van der Waals surface area contributed by atoms with E-state index in [4.69, 9.17) is 13.3 Å². The van der Waals surface area contributed by atoms with Crippen LogP contribution in [-0.4, -0.2) is 33.1 Å². The molecule has 0 amide bonds. The lowest BCUT2D eigenvalue weighted by Gasteiger charge is -2.39. The first-order valence-corrected chi connectivity index (χ1v) is 12.6. The molecule has 0 aliphatic rings. The Morgan fingerprint density at radius 3 is 1.29 bits per heavy atom. The van der Waals surface area contributed by atoms with Gasteiger partial charge in [-0.25, -0.2) is 0 Å². The minimum Gasteiger partial charge on any atom is -0.382 e. The molecule has 0 heterocycles. The molecule has 0 aliphatic heterocycles. The third-order valence-electron chi connectivity index (χ3n) is 1.35. The Kier molecular flexibility index (Phi) is 4.76. The molecule has 0 aromatic carbocycles. The quantitative estimate of drug-likeness (QED) is 0.550. The molecule has 0 saturated heterocycles. The maximum Gasteiger partial charge on any atom is 0.250 e. The zero-order chi connectivity index (χ0) is 11.6. The third-order valence-corrected chi connectivity index (χ3v) is 4.06. The summed E-state index contributed by atoms with van der Waals surface area (Å²) in [7, 11) is -2.61. The monoisotopic (exact) mass is 252 g/mol. The molecule has 0 radical (unpaired) electrons. The van der Waals surface area contributed by atoms with Gasteiger partial charge in [-0.15, -0.1) is 0 Å². The summed E-state index contributed by atoms with van der Waals surface area (Å²) in [6, 6.07) is 0. The second-order valence-corrected chi connectivity index (χ2v) is 14.8. The number of rotatable bonds is 5. The molecule has 0 spiro atoms. The Labute approximate surface area is 92.9 Å². The van der Waals surface area contributed by atoms with E-state index in [2.05, 4.69) is 39.3 Å². The van der Waals surface area contributed by atoms with Crippen molar-refractivity contribution in [3.05, 3.63) is 0 Å². The van der Waals surface area contributed by atoms with E-state index in [1.165, 1.54) is 0 Å². The van der Waals surface area contributed by atoms with Gasteiger partial charge in [0.05, 0.1) is 0 Å². The highest BCUT2D eigenvalue weighted by Crippen LogP contribution is 2.24. The molecule has 14 heavy (non-hydrogen) atoms. The van der Waals surface area contributed by atoms with E-state index < -0.39 is 22.6 Å². The summed E-state index contributed by atoms with van der Waals surface area (Å²) in [6.07, 6.45) is 0. The first kappa shape index (κ1) is 14.5. The van der Waals surface area contributed by atoms with Crippen LogP contribution in [0.5, 0.6) is 0 Å². The van der Waals surface area contributed by atoms with Gasteiger partial charge in [-0.1, -0.05) is 0 Å². The first-order chi connectivity index (χ1) is 5.97. The fourth-order valence-corrected chi connectivity index (χ4v) is 4.27. The summed E-state index contributed by atoms with van der Waals surface area (Å²) in [4.78, 5) is 0. The Morgan fingerprint density at radius 1 is 0.857 bits per heavy atom. The van der Waals surface area contributed by atoms with Crippen LogP contribution in [-0.2, 0) is 13.3 Å². The normalized spacial score (nSPS) is 14.8. The zero-order valence-electron chi connectivity index (χ0n) is 10.7. The second-order valence-electron chi connectivity index (χ2n) is 5.50. The van der Waals surface area contributed by atoms with E-state index in [0.29, 0.717) is 10.5 Å². The van der Waals surface area contributed by atoms with Crippen LogP contribution in [0.15, 0.2) is 0 Å². The minimum absolute atomic E-state index is 0.628. The topological polar surface area (TPSA) is 27.7 Å². The van der Waals surface area contributed by atoms with Crippen molar-refractivity contribution in [3.8, 4) is 0 Å². The van der Waals surface area contributed by atoms with Crippen molar-refractivity contribution in [3.63, 3.8) is 0 Å². The molecule has 0 bridgehead atoms. The molecule has 0 aliphatic carbocycles. The molecular weight excluding hydrogens is 228 g/mol. The van der Waals surface area contributed by atoms with Crippen LogP contribution in [0.4, 0.5) is 0 Å². The molecule has 0 rings (SSSR count). The highest BCUT2D eigenvalue weighted by molar-refractivity contribution is 6.70. The van der Waals surface area contributed by atoms with Gasteiger partial charge in [0.15, 0.2) is 27.1 Å². The summed E-state index contributed by atoms with van der Waals surface area (Å²) in [5.74, 6) is -0.804. The van der Waals surface area contributed by atoms with Crippen LogP contribution in [0, 0.1) is 0 Å². The van der Waals surface area contributed by atoms with Crippen LogP contribution in [0.1, 0.15) is 6.92 Å². The van der Waals surface area contributed by atoms with E-state index in [9.17, 15) is 0 Å². The van der Waals surface area contributed by atoms with E-state index in [1.807, 2.05) is 6.92 Å².